The Morgan fingerprint density at radius 1 is 1.17 bits per heavy atom. The zero-order valence-electron chi connectivity index (χ0n) is 10.5. The van der Waals surface area contributed by atoms with Gasteiger partial charge in [-0.05, 0) is 55.7 Å². The fourth-order valence-corrected chi connectivity index (χ4v) is 2.93. The number of H-pyrrole nitrogens is 1. The molecular weight excluding hydrogens is 314 g/mol. The molecule has 0 radical (unpaired) electrons. The number of rotatable bonds is 2. The highest BCUT2D eigenvalue weighted by atomic mass is 79.9. The van der Waals surface area contributed by atoms with Crippen LogP contribution in [-0.2, 0) is 0 Å². The minimum absolute atomic E-state index is 0.607. The number of nitrogens with one attached hydrogen (secondary N) is 1. The number of benzene rings is 1. The van der Waals surface area contributed by atoms with E-state index in [2.05, 4.69) is 20.9 Å². The van der Waals surface area contributed by atoms with Crippen molar-refractivity contribution >= 4 is 27.5 Å². The molecule has 96 valence electrons. The van der Waals surface area contributed by atoms with Crippen LogP contribution in [0.5, 0.6) is 0 Å². The van der Waals surface area contributed by atoms with Gasteiger partial charge in [0.1, 0.15) is 6.10 Å². The molecule has 2 rings (SSSR count). The summed E-state index contributed by atoms with van der Waals surface area (Å²) in [6.45, 7) is 6.06. The second kappa shape index (κ2) is 5.08. The molecule has 1 heterocycles. The summed E-state index contributed by atoms with van der Waals surface area (Å²) in [5.74, 6) is 0. The van der Waals surface area contributed by atoms with Gasteiger partial charge in [0.2, 0.25) is 0 Å². The Labute approximate surface area is 120 Å². The second-order valence-electron chi connectivity index (χ2n) is 4.52. The molecule has 0 amide bonds. The fourth-order valence-electron chi connectivity index (χ4n) is 2.05. The molecule has 2 nitrogen and oxygen atoms in total. The fraction of sp³-hybridized carbons (Fsp3) is 0.286. The van der Waals surface area contributed by atoms with Gasteiger partial charge in [-0.15, -0.1) is 0 Å². The highest BCUT2D eigenvalue weighted by Crippen LogP contribution is 2.30. The van der Waals surface area contributed by atoms with E-state index in [4.69, 9.17) is 11.6 Å². The molecule has 1 aromatic heterocycles. The maximum absolute atomic E-state index is 10.4. The lowest BCUT2D eigenvalue weighted by atomic mass is 10.0. The van der Waals surface area contributed by atoms with E-state index in [1.54, 1.807) is 12.1 Å². The lowest BCUT2D eigenvalue weighted by Crippen LogP contribution is -2.02. The highest BCUT2D eigenvalue weighted by molar-refractivity contribution is 9.10. The first-order valence-electron chi connectivity index (χ1n) is 5.70. The molecule has 0 aliphatic heterocycles. The summed E-state index contributed by atoms with van der Waals surface area (Å²) in [5, 5.41) is 11.1. The Kier molecular flexibility index (Phi) is 3.85. The van der Waals surface area contributed by atoms with Gasteiger partial charge in [-0.1, -0.05) is 27.5 Å². The van der Waals surface area contributed by atoms with Crippen LogP contribution in [0.25, 0.3) is 0 Å². The average Bonchev–Trinajstić information content (AvgIpc) is 2.55. The first kappa shape index (κ1) is 13.7. The van der Waals surface area contributed by atoms with E-state index >= 15 is 0 Å². The number of halogens is 2. The van der Waals surface area contributed by atoms with Crippen molar-refractivity contribution in [1.29, 1.82) is 0 Å². The van der Waals surface area contributed by atoms with Crippen LogP contribution in [0.1, 0.15) is 34.2 Å². The van der Waals surface area contributed by atoms with Crippen LogP contribution in [0.3, 0.4) is 0 Å². The lowest BCUT2D eigenvalue weighted by molar-refractivity contribution is 0.215. The smallest absolute Gasteiger partial charge is 0.119 e. The summed E-state index contributed by atoms with van der Waals surface area (Å²) < 4.78 is 0.863. The second-order valence-corrected chi connectivity index (χ2v) is 5.87. The minimum atomic E-state index is -0.688. The van der Waals surface area contributed by atoms with Crippen molar-refractivity contribution in [2.24, 2.45) is 0 Å². The number of aliphatic hydroxyl groups is 1. The van der Waals surface area contributed by atoms with Gasteiger partial charge in [-0.2, -0.15) is 0 Å². The highest BCUT2D eigenvalue weighted by Gasteiger charge is 2.18. The molecule has 0 saturated heterocycles. The summed E-state index contributed by atoms with van der Waals surface area (Å²) in [6, 6.07) is 5.46. The predicted octanol–water partition coefficient (Wildman–Crippen LogP) is 4.44. The van der Waals surface area contributed by atoms with Gasteiger partial charge in [0.25, 0.3) is 0 Å². The summed E-state index contributed by atoms with van der Waals surface area (Å²) >= 11 is 9.39. The number of aliphatic hydroxyl groups excluding tert-OH is 1. The first-order valence-corrected chi connectivity index (χ1v) is 6.87. The van der Waals surface area contributed by atoms with E-state index in [1.807, 2.05) is 26.8 Å². The Balaban J connectivity index is 2.47. The van der Waals surface area contributed by atoms with Crippen LogP contribution in [0.15, 0.2) is 22.7 Å². The molecule has 0 fully saturated rings. The summed E-state index contributed by atoms with van der Waals surface area (Å²) in [4.78, 5) is 3.24. The molecule has 2 N–H and O–H groups in total. The Bertz CT molecular complexity index is 571. The molecule has 1 atom stereocenters. The molecule has 0 aliphatic carbocycles. The van der Waals surface area contributed by atoms with Crippen molar-refractivity contribution in [3.8, 4) is 0 Å². The van der Waals surface area contributed by atoms with E-state index < -0.39 is 6.10 Å². The quantitative estimate of drug-likeness (QED) is 0.840. The van der Waals surface area contributed by atoms with E-state index in [0.29, 0.717) is 5.02 Å². The third-order valence-electron chi connectivity index (χ3n) is 3.33. The topological polar surface area (TPSA) is 36.0 Å². The van der Waals surface area contributed by atoms with Crippen molar-refractivity contribution in [3.63, 3.8) is 0 Å². The first-order chi connectivity index (χ1) is 8.40. The summed E-state index contributed by atoms with van der Waals surface area (Å²) in [5.41, 5.74) is 4.97. The zero-order chi connectivity index (χ0) is 13.4. The van der Waals surface area contributed by atoms with Gasteiger partial charge in [-0.25, -0.2) is 0 Å². The van der Waals surface area contributed by atoms with Crippen molar-refractivity contribution in [1.82, 2.24) is 4.98 Å². The van der Waals surface area contributed by atoms with Crippen molar-refractivity contribution in [2.75, 3.05) is 0 Å². The van der Waals surface area contributed by atoms with Crippen molar-refractivity contribution < 1.29 is 5.11 Å². The van der Waals surface area contributed by atoms with Crippen LogP contribution < -0.4 is 0 Å². The normalized spacial score (nSPS) is 12.8. The number of aryl methyl sites for hydroxylation is 1. The van der Waals surface area contributed by atoms with Gasteiger partial charge < -0.3 is 10.1 Å². The lowest BCUT2D eigenvalue weighted by Gasteiger charge is -2.12. The summed E-state index contributed by atoms with van der Waals surface area (Å²) in [6.07, 6.45) is -0.688. The third-order valence-corrected chi connectivity index (χ3v) is 4.00. The number of aromatic amines is 1. The number of hydrogen-bond donors (Lipinski definition) is 2. The third kappa shape index (κ3) is 2.48. The van der Waals surface area contributed by atoms with E-state index in [1.165, 1.54) is 5.56 Å². The maximum atomic E-state index is 10.4. The Hall–Kier alpha value is -0.770. The molecule has 0 aliphatic rings. The largest absolute Gasteiger partial charge is 0.382 e. The van der Waals surface area contributed by atoms with Crippen LogP contribution in [0, 0.1) is 20.8 Å². The van der Waals surface area contributed by atoms with Crippen LogP contribution in [0.2, 0.25) is 5.02 Å². The van der Waals surface area contributed by atoms with E-state index in [-0.39, 0.29) is 0 Å². The average molecular weight is 329 g/mol. The monoisotopic (exact) mass is 327 g/mol. The van der Waals surface area contributed by atoms with Gasteiger partial charge in [-0.3, -0.25) is 0 Å². The Morgan fingerprint density at radius 3 is 2.33 bits per heavy atom. The molecule has 0 bridgehead atoms. The van der Waals surface area contributed by atoms with Gasteiger partial charge >= 0.3 is 0 Å². The number of aromatic nitrogens is 1. The number of hydrogen-bond acceptors (Lipinski definition) is 1. The van der Waals surface area contributed by atoms with Crippen LogP contribution >= 0.6 is 27.5 Å². The molecule has 4 heteroatoms. The maximum Gasteiger partial charge on any atom is 0.119 e. The molecule has 0 spiro atoms. The molecular formula is C14H15BrClNO. The molecule has 1 unspecified atom stereocenters. The summed E-state index contributed by atoms with van der Waals surface area (Å²) in [7, 11) is 0. The molecule has 0 saturated carbocycles. The van der Waals surface area contributed by atoms with Crippen molar-refractivity contribution in [2.45, 2.75) is 26.9 Å². The van der Waals surface area contributed by atoms with Gasteiger partial charge in [0, 0.05) is 15.2 Å². The van der Waals surface area contributed by atoms with Crippen LogP contribution in [0.4, 0.5) is 0 Å². The zero-order valence-corrected chi connectivity index (χ0v) is 12.9. The van der Waals surface area contributed by atoms with Crippen molar-refractivity contribution in [3.05, 3.63) is 55.8 Å². The van der Waals surface area contributed by atoms with Gasteiger partial charge in [0.15, 0.2) is 0 Å². The molecule has 2 aromatic rings. The predicted molar refractivity (Wildman–Crippen MR) is 78.2 cm³/mol. The van der Waals surface area contributed by atoms with E-state index in [0.717, 1.165) is 27.0 Å². The van der Waals surface area contributed by atoms with E-state index in [9.17, 15) is 5.11 Å². The minimum Gasteiger partial charge on any atom is -0.382 e. The molecule has 1 aromatic carbocycles. The standard InChI is InChI=1S/C14H15BrClNO/c1-7-8(2)13(17-9(7)3)14(18)10-4-11(15)6-12(16)5-10/h4-6,14,17-18H,1-3H3. The SMILES string of the molecule is Cc1[nH]c(C(O)c2cc(Cl)cc(Br)c2)c(C)c1C. The van der Waals surface area contributed by atoms with Crippen LogP contribution in [-0.4, -0.2) is 10.1 Å². The molecule has 18 heavy (non-hydrogen) atoms. The van der Waals surface area contributed by atoms with Gasteiger partial charge in [0.05, 0.1) is 5.69 Å². The Morgan fingerprint density at radius 2 is 1.83 bits per heavy atom.